The molecule has 0 fully saturated rings. The topological polar surface area (TPSA) is 113 Å². The van der Waals surface area contributed by atoms with E-state index in [2.05, 4.69) is 20.6 Å². The van der Waals surface area contributed by atoms with Gasteiger partial charge in [0, 0.05) is 6.07 Å². The van der Waals surface area contributed by atoms with Crippen molar-refractivity contribution < 1.29 is 14.3 Å². The molecule has 1 aromatic heterocycles. The molecule has 0 bridgehead atoms. The van der Waals surface area contributed by atoms with Gasteiger partial charge in [0.2, 0.25) is 5.91 Å². The summed E-state index contributed by atoms with van der Waals surface area (Å²) in [5, 5.41) is 4.98. The second-order valence-electron chi connectivity index (χ2n) is 5.45. The number of amides is 2. The van der Waals surface area contributed by atoms with Crippen LogP contribution in [0, 0.1) is 0 Å². The van der Waals surface area contributed by atoms with E-state index in [9.17, 15) is 14.4 Å². The van der Waals surface area contributed by atoms with Gasteiger partial charge in [-0.3, -0.25) is 9.59 Å². The molecule has 0 unspecified atom stereocenters. The molecule has 1 heterocycles. The van der Waals surface area contributed by atoms with Gasteiger partial charge in [0.15, 0.2) is 0 Å². The SMILES string of the molecule is CC(C)(C)OC(=O)NCc1cc(=O)[nH]c(CNC(=O)CCl)n1. The number of aromatic amines is 1. The summed E-state index contributed by atoms with van der Waals surface area (Å²) in [5.41, 5.74) is -0.640. The third kappa shape index (κ3) is 7.07. The summed E-state index contributed by atoms with van der Waals surface area (Å²) in [6.07, 6.45) is -0.605. The van der Waals surface area contributed by atoms with E-state index in [1.807, 2.05) is 0 Å². The fourth-order valence-corrected chi connectivity index (χ4v) is 1.54. The molecule has 0 saturated heterocycles. The van der Waals surface area contributed by atoms with Crippen molar-refractivity contribution in [1.29, 1.82) is 0 Å². The first-order valence-electron chi connectivity index (χ1n) is 6.58. The maximum absolute atomic E-state index is 11.5. The van der Waals surface area contributed by atoms with Crippen LogP contribution in [0.5, 0.6) is 0 Å². The lowest BCUT2D eigenvalue weighted by atomic mass is 10.2. The number of nitrogens with zero attached hydrogens (tertiary/aromatic N) is 1. The third-order valence-corrected chi connectivity index (χ3v) is 2.47. The Morgan fingerprint density at radius 3 is 2.59 bits per heavy atom. The van der Waals surface area contributed by atoms with Crippen molar-refractivity contribution in [1.82, 2.24) is 20.6 Å². The minimum atomic E-state index is -0.608. The summed E-state index contributed by atoms with van der Waals surface area (Å²) >= 11 is 5.35. The van der Waals surface area contributed by atoms with Gasteiger partial charge in [0.05, 0.1) is 18.8 Å². The smallest absolute Gasteiger partial charge is 0.407 e. The van der Waals surface area contributed by atoms with Crippen LogP contribution < -0.4 is 16.2 Å². The Morgan fingerprint density at radius 1 is 1.32 bits per heavy atom. The zero-order chi connectivity index (χ0) is 16.8. The normalized spacial score (nSPS) is 10.9. The number of rotatable bonds is 5. The van der Waals surface area contributed by atoms with Crippen LogP contribution in [0.1, 0.15) is 32.3 Å². The molecule has 0 saturated carbocycles. The van der Waals surface area contributed by atoms with Crippen LogP contribution in [0.2, 0.25) is 0 Å². The molecule has 0 atom stereocenters. The van der Waals surface area contributed by atoms with Gasteiger partial charge in [0.1, 0.15) is 17.3 Å². The van der Waals surface area contributed by atoms with Gasteiger partial charge >= 0.3 is 6.09 Å². The number of alkyl carbamates (subject to hydrolysis) is 1. The van der Waals surface area contributed by atoms with Gasteiger partial charge in [-0.05, 0) is 20.8 Å². The number of hydrogen-bond acceptors (Lipinski definition) is 5. The monoisotopic (exact) mass is 330 g/mol. The average molecular weight is 331 g/mol. The van der Waals surface area contributed by atoms with E-state index in [1.54, 1.807) is 20.8 Å². The number of carbonyl (C=O) groups excluding carboxylic acids is 2. The number of carbonyl (C=O) groups is 2. The molecule has 0 radical (unpaired) electrons. The maximum Gasteiger partial charge on any atom is 0.407 e. The lowest BCUT2D eigenvalue weighted by Gasteiger charge is -2.19. The summed E-state index contributed by atoms with van der Waals surface area (Å²) in [5.74, 6) is -0.280. The predicted octanol–water partition coefficient (Wildman–Crippen LogP) is 0.650. The Kier molecular flexibility index (Phi) is 6.36. The first-order valence-corrected chi connectivity index (χ1v) is 7.11. The minimum absolute atomic E-state index is 0.0370. The van der Waals surface area contributed by atoms with Crippen LogP contribution in [0.25, 0.3) is 0 Å². The van der Waals surface area contributed by atoms with Gasteiger partial charge < -0.3 is 20.4 Å². The number of ether oxygens (including phenoxy) is 1. The van der Waals surface area contributed by atoms with Gasteiger partial charge in [-0.1, -0.05) is 0 Å². The molecule has 0 aliphatic heterocycles. The molecule has 0 aromatic carbocycles. The minimum Gasteiger partial charge on any atom is -0.444 e. The Morgan fingerprint density at radius 2 is 2.00 bits per heavy atom. The van der Waals surface area contributed by atoms with Crippen LogP contribution in [0.15, 0.2) is 10.9 Å². The predicted molar refractivity (Wildman–Crippen MR) is 80.5 cm³/mol. The molecule has 0 aliphatic rings. The number of H-pyrrole nitrogens is 1. The zero-order valence-corrected chi connectivity index (χ0v) is 13.4. The quantitative estimate of drug-likeness (QED) is 0.686. The maximum atomic E-state index is 11.5. The van der Waals surface area contributed by atoms with Crippen LogP contribution in [-0.2, 0) is 22.6 Å². The highest BCUT2D eigenvalue weighted by Gasteiger charge is 2.16. The molecule has 3 N–H and O–H groups in total. The first kappa shape index (κ1) is 18.0. The Balaban J connectivity index is 2.64. The fraction of sp³-hybridized carbons (Fsp3) is 0.538. The lowest BCUT2D eigenvalue weighted by Crippen LogP contribution is -2.33. The van der Waals surface area contributed by atoms with E-state index >= 15 is 0 Å². The Hall–Kier alpha value is -2.09. The number of hydrogen-bond donors (Lipinski definition) is 3. The van der Waals surface area contributed by atoms with E-state index in [1.165, 1.54) is 6.07 Å². The Labute approximate surface area is 132 Å². The highest BCUT2D eigenvalue weighted by atomic mass is 35.5. The van der Waals surface area contributed by atoms with Gasteiger partial charge in [0.25, 0.3) is 5.56 Å². The van der Waals surface area contributed by atoms with Crippen LogP contribution >= 0.6 is 11.6 Å². The lowest BCUT2D eigenvalue weighted by molar-refractivity contribution is -0.118. The zero-order valence-electron chi connectivity index (χ0n) is 12.7. The van der Waals surface area contributed by atoms with Crippen molar-refractivity contribution in [2.75, 3.05) is 5.88 Å². The molecule has 22 heavy (non-hydrogen) atoms. The average Bonchev–Trinajstić information content (AvgIpc) is 2.40. The molecule has 2 amide bonds. The van der Waals surface area contributed by atoms with Crippen LogP contribution in [-0.4, -0.2) is 33.4 Å². The van der Waals surface area contributed by atoms with Crippen molar-refractivity contribution in [3.05, 3.63) is 27.9 Å². The van der Waals surface area contributed by atoms with Crippen molar-refractivity contribution in [3.8, 4) is 0 Å². The third-order valence-electron chi connectivity index (χ3n) is 2.23. The van der Waals surface area contributed by atoms with Gasteiger partial charge in [-0.2, -0.15) is 0 Å². The second-order valence-corrected chi connectivity index (χ2v) is 5.72. The van der Waals surface area contributed by atoms with Crippen LogP contribution in [0.3, 0.4) is 0 Å². The summed E-state index contributed by atoms with van der Waals surface area (Å²) in [7, 11) is 0. The second kappa shape index (κ2) is 7.79. The molecule has 1 rings (SSSR count). The van der Waals surface area contributed by atoms with Crippen molar-refractivity contribution in [2.45, 2.75) is 39.5 Å². The van der Waals surface area contributed by atoms with E-state index < -0.39 is 11.7 Å². The summed E-state index contributed by atoms with van der Waals surface area (Å²) in [6.45, 7) is 5.32. The Bertz CT molecular complexity index is 594. The number of halogens is 1. The van der Waals surface area contributed by atoms with E-state index in [0.29, 0.717) is 5.69 Å². The van der Waals surface area contributed by atoms with E-state index in [-0.39, 0.29) is 36.3 Å². The fourth-order valence-electron chi connectivity index (χ4n) is 1.44. The highest BCUT2D eigenvalue weighted by molar-refractivity contribution is 6.27. The first-order chi connectivity index (χ1) is 10.2. The number of aromatic nitrogens is 2. The van der Waals surface area contributed by atoms with Crippen molar-refractivity contribution >= 4 is 23.6 Å². The standard InChI is InChI=1S/C13H19ClN4O4/c1-13(2,3)22-12(21)16-6-8-4-10(19)18-9(17-8)7-15-11(20)5-14/h4H,5-7H2,1-3H3,(H,15,20)(H,16,21)(H,17,18,19). The number of nitrogens with one attached hydrogen (secondary N) is 3. The van der Waals surface area contributed by atoms with Crippen molar-refractivity contribution in [2.24, 2.45) is 0 Å². The van der Waals surface area contributed by atoms with E-state index in [0.717, 1.165) is 0 Å². The van der Waals surface area contributed by atoms with Crippen molar-refractivity contribution in [3.63, 3.8) is 0 Å². The number of alkyl halides is 1. The largest absolute Gasteiger partial charge is 0.444 e. The molecular weight excluding hydrogens is 312 g/mol. The molecule has 0 aliphatic carbocycles. The highest BCUT2D eigenvalue weighted by Crippen LogP contribution is 2.06. The van der Waals surface area contributed by atoms with Gasteiger partial charge in [-0.25, -0.2) is 9.78 Å². The molecule has 8 nitrogen and oxygen atoms in total. The molecular formula is C13H19ClN4O4. The summed E-state index contributed by atoms with van der Waals surface area (Å²) in [6, 6.07) is 1.25. The van der Waals surface area contributed by atoms with Crippen LogP contribution in [0.4, 0.5) is 4.79 Å². The molecule has 0 spiro atoms. The summed E-state index contributed by atoms with van der Waals surface area (Å²) in [4.78, 5) is 40.7. The molecule has 9 heteroatoms. The van der Waals surface area contributed by atoms with E-state index in [4.69, 9.17) is 16.3 Å². The molecule has 122 valence electrons. The molecule has 1 aromatic rings. The van der Waals surface area contributed by atoms with Gasteiger partial charge in [-0.15, -0.1) is 11.6 Å². The summed E-state index contributed by atoms with van der Waals surface area (Å²) < 4.78 is 5.08.